The van der Waals surface area contributed by atoms with Gasteiger partial charge in [-0.1, -0.05) is 56.0 Å². The summed E-state index contributed by atoms with van der Waals surface area (Å²) >= 11 is 0. The Morgan fingerprint density at radius 3 is 2.65 bits per heavy atom. The van der Waals surface area contributed by atoms with Crippen molar-refractivity contribution < 1.29 is 24.9 Å². The molecule has 0 saturated heterocycles. The molecule has 3 N–H and O–H groups in total. The van der Waals surface area contributed by atoms with Crippen LogP contribution >= 0.6 is 0 Å². The molecule has 0 aromatic heterocycles. The number of hydrogen-bond acceptors (Lipinski definition) is 7. The lowest BCUT2D eigenvalue weighted by Gasteiger charge is -2.55. The Morgan fingerprint density at radius 2 is 1.94 bits per heavy atom. The monoisotopic (exact) mass is 464 g/mol. The van der Waals surface area contributed by atoms with Crippen LogP contribution in [0, 0.1) is 23.7 Å². The molecule has 7 atom stereocenters. The molecule has 7 nitrogen and oxygen atoms in total. The predicted molar refractivity (Wildman–Crippen MR) is 126 cm³/mol. The summed E-state index contributed by atoms with van der Waals surface area (Å²) in [5.41, 5.74) is -1.66. The van der Waals surface area contributed by atoms with Gasteiger partial charge in [0.25, 0.3) is 0 Å². The zero-order chi connectivity index (χ0) is 24.3. The Kier molecular flexibility index (Phi) is 5.52. The molecule has 1 saturated carbocycles. The Bertz CT molecular complexity index is 1110. The van der Waals surface area contributed by atoms with Gasteiger partial charge in [-0.15, -0.1) is 0 Å². The molecule has 34 heavy (non-hydrogen) atoms. The van der Waals surface area contributed by atoms with Crippen molar-refractivity contribution in [2.45, 2.75) is 50.0 Å². The average Bonchev–Trinajstić information content (AvgIpc) is 3.22. The Balaban J connectivity index is 1.54. The SMILES string of the molecule is C=C1N=NC2(OCCc3ccccc3)C[C@@H](C)[C@@]3(O)[C@@H](C=C(CO)C[C@]4(O)C(=O)C(C)=C[C@@H]34)[C@H]12. The van der Waals surface area contributed by atoms with Gasteiger partial charge in [-0.2, -0.15) is 10.2 Å². The number of Topliss-reactive ketones (excluding diaryl/α,β-unsaturated/α-hetero) is 1. The summed E-state index contributed by atoms with van der Waals surface area (Å²) in [5.74, 6) is -2.65. The van der Waals surface area contributed by atoms with Crippen molar-refractivity contribution in [1.29, 1.82) is 0 Å². The lowest BCUT2D eigenvalue weighted by molar-refractivity contribution is -0.214. The van der Waals surface area contributed by atoms with E-state index in [0.717, 1.165) is 5.56 Å². The fourth-order valence-corrected chi connectivity index (χ4v) is 6.72. The number of fused-ring (bicyclic) bond motifs is 5. The molecule has 0 amide bonds. The predicted octanol–water partition coefficient (Wildman–Crippen LogP) is 3.12. The molecule has 1 heterocycles. The van der Waals surface area contributed by atoms with Crippen LogP contribution in [0.5, 0.6) is 0 Å². The van der Waals surface area contributed by atoms with Gasteiger partial charge in [0.2, 0.25) is 0 Å². The second kappa shape index (κ2) is 8.05. The van der Waals surface area contributed by atoms with E-state index in [0.29, 0.717) is 36.3 Å². The van der Waals surface area contributed by atoms with Gasteiger partial charge < -0.3 is 20.1 Å². The third-order valence-electron chi connectivity index (χ3n) is 8.36. The molecule has 1 fully saturated rings. The maximum atomic E-state index is 13.0. The largest absolute Gasteiger partial charge is 0.392 e. The summed E-state index contributed by atoms with van der Waals surface area (Å²) < 4.78 is 6.45. The molecule has 4 aliphatic rings. The summed E-state index contributed by atoms with van der Waals surface area (Å²) in [7, 11) is 0. The van der Waals surface area contributed by atoms with Gasteiger partial charge in [0.05, 0.1) is 30.4 Å². The van der Waals surface area contributed by atoms with Gasteiger partial charge in [0.1, 0.15) is 5.60 Å². The summed E-state index contributed by atoms with van der Waals surface area (Å²) in [4.78, 5) is 13.0. The van der Waals surface area contributed by atoms with Crippen LogP contribution in [-0.2, 0) is 16.0 Å². The zero-order valence-corrected chi connectivity index (χ0v) is 19.6. The summed E-state index contributed by atoms with van der Waals surface area (Å²) in [6, 6.07) is 10.0. The molecule has 0 spiro atoms. The van der Waals surface area contributed by atoms with Crippen molar-refractivity contribution in [3.63, 3.8) is 0 Å². The number of carbonyl (C=O) groups excluding carboxylic acids is 1. The van der Waals surface area contributed by atoms with Crippen LogP contribution in [-0.4, -0.2) is 51.2 Å². The summed E-state index contributed by atoms with van der Waals surface area (Å²) in [6.45, 7) is 7.80. The van der Waals surface area contributed by atoms with Crippen LogP contribution in [0.2, 0.25) is 0 Å². The van der Waals surface area contributed by atoms with Gasteiger partial charge >= 0.3 is 0 Å². The lowest BCUT2D eigenvalue weighted by atomic mass is 9.54. The topological polar surface area (TPSA) is 112 Å². The van der Waals surface area contributed by atoms with Gasteiger partial charge in [-0.3, -0.25) is 4.79 Å². The molecule has 0 bridgehead atoms. The lowest BCUT2D eigenvalue weighted by Crippen LogP contribution is -2.65. The van der Waals surface area contributed by atoms with Gasteiger partial charge in [0, 0.05) is 24.7 Å². The minimum absolute atomic E-state index is 0.0261. The third kappa shape index (κ3) is 3.22. The van der Waals surface area contributed by atoms with Gasteiger partial charge in [-0.25, -0.2) is 0 Å². The van der Waals surface area contributed by atoms with Crippen molar-refractivity contribution in [3.8, 4) is 0 Å². The number of aliphatic hydroxyl groups is 3. The number of azo groups is 1. The van der Waals surface area contributed by atoms with Crippen LogP contribution in [0.1, 0.15) is 32.3 Å². The number of carbonyl (C=O) groups is 1. The molecule has 1 aromatic rings. The quantitative estimate of drug-likeness (QED) is 0.580. The molecule has 0 radical (unpaired) electrons. The highest BCUT2D eigenvalue weighted by Gasteiger charge is 2.69. The van der Waals surface area contributed by atoms with Crippen LogP contribution in [0.15, 0.2) is 76.1 Å². The minimum atomic E-state index is -1.79. The maximum Gasteiger partial charge on any atom is 0.190 e. The van der Waals surface area contributed by atoms with E-state index in [2.05, 4.69) is 16.8 Å². The fourth-order valence-electron chi connectivity index (χ4n) is 6.72. The number of aliphatic hydroxyl groups excluding tert-OH is 1. The van der Waals surface area contributed by atoms with E-state index in [1.165, 1.54) is 0 Å². The van der Waals surface area contributed by atoms with Crippen molar-refractivity contribution in [1.82, 2.24) is 0 Å². The first-order valence-corrected chi connectivity index (χ1v) is 11.9. The number of hydrogen-bond donors (Lipinski definition) is 3. The van der Waals surface area contributed by atoms with Crippen LogP contribution < -0.4 is 0 Å². The highest BCUT2D eigenvalue weighted by atomic mass is 16.5. The van der Waals surface area contributed by atoms with E-state index >= 15 is 0 Å². The van der Waals surface area contributed by atoms with Crippen molar-refractivity contribution in [3.05, 3.63) is 71.5 Å². The highest BCUT2D eigenvalue weighted by Crippen LogP contribution is 2.62. The standard InChI is InChI=1S/C27H32N2O5/c1-16-11-22-25(32,24(16)31)14-20(15-30)12-21-23-18(3)28-29-26(23,13-17(2)27(21,22)33)34-10-9-19-7-5-4-6-8-19/h4-8,11-12,17,21-23,30,32-33H,3,9-10,13-15H2,1-2H3/t17-,21+,22-,23+,25-,26?,27-/m1/s1. The molecular weight excluding hydrogens is 432 g/mol. The van der Waals surface area contributed by atoms with E-state index in [1.807, 2.05) is 43.3 Å². The van der Waals surface area contributed by atoms with Crippen molar-refractivity contribution in [2.24, 2.45) is 33.9 Å². The minimum Gasteiger partial charge on any atom is -0.392 e. The van der Waals surface area contributed by atoms with E-state index in [-0.39, 0.29) is 18.9 Å². The van der Waals surface area contributed by atoms with E-state index in [4.69, 9.17) is 4.74 Å². The van der Waals surface area contributed by atoms with E-state index in [9.17, 15) is 20.1 Å². The Morgan fingerprint density at radius 1 is 1.21 bits per heavy atom. The first-order valence-electron chi connectivity index (χ1n) is 11.9. The molecule has 1 unspecified atom stereocenters. The highest BCUT2D eigenvalue weighted by molar-refractivity contribution is 6.04. The normalized spacial score (nSPS) is 40.9. The summed E-state index contributed by atoms with van der Waals surface area (Å²) in [5, 5.41) is 42.9. The van der Waals surface area contributed by atoms with Gasteiger partial charge in [0.15, 0.2) is 11.5 Å². The van der Waals surface area contributed by atoms with E-state index in [1.54, 1.807) is 13.0 Å². The number of nitrogens with zero attached hydrogens (tertiary/aromatic N) is 2. The zero-order valence-electron chi connectivity index (χ0n) is 19.6. The molecule has 5 rings (SSSR count). The Hall–Kier alpha value is -2.45. The number of ketones is 1. The number of rotatable bonds is 5. The van der Waals surface area contributed by atoms with Crippen molar-refractivity contribution in [2.75, 3.05) is 13.2 Å². The molecule has 3 aliphatic carbocycles. The smallest absolute Gasteiger partial charge is 0.190 e. The first kappa shape index (κ1) is 23.3. The van der Waals surface area contributed by atoms with E-state index < -0.39 is 40.5 Å². The second-order valence-corrected chi connectivity index (χ2v) is 10.4. The third-order valence-corrected chi connectivity index (χ3v) is 8.36. The Labute approximate surface area is 199 Å². The molecular formula is C27H32N2O5. The van der Waals surface area contributed by atoms with Crippen LogP contribution in [0.3, 0.4) is 0 Å². The maximum absolute atomic E-state index is 13.0. The molecule has 1 aromatic carbocycles. The molecule has 180 valence electrons. The molecule has 7 heteroatoms. The summed E-state index contributed by atoms with van der Waals surface area (Å²) in [6.07, 6.45) is 4.57. The van der Waals surface area contributed by atoms with Crippen molar-refractivity contribution >= 4 is 5.78 Å². The fraction of sp³-hybridized carbons (Fsp3) is 0.519. The first-order chi connectivity index (χ1) is 16.2. The van der Waals surface area contributed by atoms with Gasteiger partial charge in [-0.05, 0) is 36.0 Å². The van der Waals surface area contributed by atoms with Crippen LogP contribution in [0.4, 0.5) is 0 Å². The number of benzene rings is 1. The van der Waals surface area contributed by atoms with Crippen LogP contribution in [0.25, 0.3) is 0 Å². The number of ether oxygens (including phenoxy) is 1. The molecule has 1 aliphatic heterocycles. The average molecular weight is 465 g/mol. The second-order valence-electron chi connectivity index (χ2n) is 10.4.